The van der Waals surface area contributed by atoms with Gasteiger partial charge in [-0.3, -0.25) is 14.3 Å². The normalized spacial score (nSPS) is 26.6. The first-order chi connectivity index (χ1) is 9.49. The fourth-order valence-corrected chi connectivity index (χ4v) is 2.88. The molecule has 0 saturated heterocycles. The van der Waals surface area contributed by atoms with Crippen LogP contribution in [0.3, 0.4) is 0 Å². The number of aromatic nitrogens is 2. The van der Waals surface area contributed by atoms with Gasteiger partial charge in [0.05, 0.1) is 24.3 Å². The summed E-state index contributed by atoms with van der Waals surface area (Å²) in [6, 6.07) is -0.423. The lowest BCUT2D eigenvalue weighted by atomic mass is 10.0. The largest absolute Gasteiger partial charge is 0.396 e. The summed E-state index contributed by atoms with van der Waals surface area (Å²) in [4.78, 5) is 25.8. The Morgan fingerprint density at radius 2 is 2.25 bits per heavy atom. The lowest BCUT2D eigenvalue weighted by Gasteiger charge is -2.16. The molecule has 3 N–H and O–H groups in total. The summed E-state index contributed by atoms with van der Waals surface area (Å²) in [6.07, 6.45) is 2.61. The van der Waals surface area contributed by atoms with Crippen LogP contribution >= 0.6 is 22.6 Å². The van der Waals surface area contributed by atoms with Crippen molar-refractivity contribution in [3.8, 4) is 0 Å². The molecule has 6 nitrogen and oxygen atoms in total. The van der Waals surface area contributed by atoms with E-state index in [4.69, 9.17) is 0 Å². The van der Waals surface area contributed by atoms with Crippen LogP contribution in [0, 0.1) is 5.92 Å². The van der Waals surface area contributed by atoms with Gasteiger partial charge in [-0.1, -0.05) is 29.2 Å². The van der Waals surface area contributed by atoms with Gasteiger partial charge in [-0.05, 0) is 22.2 Å². The molecule has 1 aliphatic rings. The van der Waals surface area contributed by atoms with Crippen LogP contribution in [-0.4, -0.2) is 32.5 Å². The molecule has 1 saturated carbocycles. The minimum atomic E-state index is -0.736. The van der Waals surface area contributed by atoms with Crippen molar-refractivity contribution >= 4 is 28.7 Å². The zero-order valence-corrected chi connectivity index (χ0v) is 12.8. The minimum Gasteiger partial charge on any atom is -0.396 e. The highest BCUT2D eigenvalue weighted by atomic mass is 127. The maximum atomic E-state index is 11.9. The Morgan fingerprint density at radius 3 is 2.80 bits per heavy atom. The summed E-state index contributed by atoms with van der Waals surface area (Å²) in [5.74, 6) is -0.442. The van der Waals surface area contributed by atoms with E-state index in [2.05, 4.69) is 11.6 Å². The van der Waals surface area contributed by atoms with Gasteiger partial charge in [0.2, 0.25) is 0 Å². The molecule has 2 rings (SSSR count). The van der Waals surface area contributed by atoms with Crippen molar-refractivity contribution in [1.29, 1.82) is 0 Å². The van der Waals surface area contributed by atoms with Crippen LogP contribution in [-0.2, 0) is 0 Å². The molecule has 0 aliphatic heterocycles. The molecule has 108 valence electrons. The van der Waals surface area contributed by atoms with E-state index in [-0.39, 0.29) is 6.61 Å². The van der Waals surface area contributed by atoms with Gasteiger partial charge in [-0.25, -0.2) is 4.79 Å². The molecule has 1 aromatic heterocycles. The third-order valence-electron chi connectivity index (χ3n) is 3.60. The van der Waals surface area contributed by atoms with Crippen molar-refractivity contribution in [1.82, 2.24) is 9.55 Å². The van der Waals surface area contributed by atoms with E-state index in [9.17, 15) is 19.8 Å². The van der Waals surface area contributed by atoms with Gasteiger partial charge in [0.15, 0.2) is 0 Å². The molecule has 20 heavy (non-hydrogen) atoms. The molecular formula is C13H15IN2O4. The van der Waals surface area contributed by atoms with Gasteiger partial charge in [-0.15, -0.1) is 0 Å². The summed E-state index contributed by atoms with van der Waals surface area (Å²) >= 11 is 1.98. The number of hydrogen-bond donors (Lipinski definition) is 3. The van der Waals surface area contributed by atoms with Crippen LogP contribution in [0.5, 0.6) is 0 Å². The number of aliphatic hydroxyl groups is 2. The van der Waals surface area contributed by atoms with E-state index in [1.807, 2.05) is 22.6 Å². The molecule has 0 aromatic carbocycles. The molecule has 1 heterocycles. The topological polar surface area (TPSA) is 95.3 Å². The molecule has 1 aliphatic carbocycles. The van der Waals surface area contributed by atoms with Gasteiger partial charge in [0, 0.05) is 12.1 Å². The highest BCUT2D eigenvalue weighted by molar-refractivity contribution is 14.1. The first-order valence-electron chi connectivity index (χ1n) is 6.09. The second kappa shape index (κ2) is 6.06. The van der Waals surface area contributed by atoms with Crippen molar-refractivity contribution in [3.05, 3.63) is 48.8 Å². The van der Waals surface area contributed by atoms with Crippen LogP contribution in [0.1, 0.15) is 18.0 Å². The van der Waals surface area contributed by atoms with Crippen molar-refractivity contribution in [2.24, 2.45) is 5.92 Å². The lowest BCUT2D eigenvalue weighted by molar-refractivity contribution is 0.101. The highest BCUT2D eigenvalue weighted by Gasteiger charge is 2.37. The van der Waals surface area contributed by atoms with Crippen molar-refractivity contribution < 1.29 is 10.2 Å². The molecule has 0 spiro atoms. The summed E-state index contributed by atoms with van der Waals surface area (Å²) in [6.45, 7) is 3.65. The number of hydrogen-bond acceptors (Lipinski definition) is 4. The Labute approximate surface area is 128 Å². The predicted molar refractivity (Wildman–Crippen MR) is 83.8 cm³/mol. The molecule has 0 bridgehead atoms. The smallest absolute Gasteiger partial charge is 0.328 e. The average Bonchev–Trinajstić information content (AvgIpc) is 2.68. The first kappa shape index (κ1) is 15.2. The SMILES string of the molecule is C=C1[C@@H](CO)[C@H](O)C[C@H]1n1cc(/C=C/I)c(=O)[nH]c1=O. The second-order valence-electron chi connectivity index (χ2n) is 4.73. The van der Waals surface area contributed by atoms with Crippen LogP contribution in [0.4, 0.5) is 0 Å². The van der Waals surface area contributed by atoms with Gasteiger partial charge in [-0.2, -0.15) is 0 Å². The number of halogens is 1. The van der Waals surface area contributed by atoms with Crippen molar-refractivity contribution in [2.75, 3.05) is 6.61 Å². The molecule has 0 unspecified atom stereocenters. The van der Waals surface area contributed by atoms with E-state index < -0.39 is 29.3 Å². The zero-order chi connectivity index (χ0) is 14.9. The Bertz CT molecular complexity index is 661. The van der Waals surface area contributed by atoms with Crippen LogP contribution < -0.4 is 11.2 Å². The lowest BCUT2D eigenvalue weighted by Crippen LogP contribution is -2.33. The van der Waals surface area contributed by atoms with Gasteiger partial charge in [0.25, 0.3) is 5.56 Å². The minimum absolute atomic E-state index is 0.213. The number of H-pyrrole nitrogens is 1. The standard InChI is InChI=1S/C13H15IN2O4/c1-7-9(6-17)11(18)4-10(7)16-5-8(2-3-14)12(19)15-13(16)20/h2-3,5,9-11,17-18H,1,4,6H2,(H,15,19,20)/b3-2+/t9-,10-,11-/m1/s1. The number of nitrogens with one attached hydrogen (secondary N) is 1. The number of aromatic amines is 1. The molecule has 0 amide bonds. The quantitative estimate of drug-likeness (QED) is 0.515. The second-order valence-corrected chi connectivity index (χ2v) is 5.45. The fraction of sp³-hybridized carbons (Fsp3) is 0.385. The van der Waals surface area contributed by atoms with E-state index in [1.165, 1.54) is 10.8 Å². The van der Waals surface area contributed by atoms with Crippen LogP contribution in [0.15, 0.2) is 32.0 Å². The summed E-state index contributed by atoms with van der Waals surface area (Å²) in [7, 11) is 0. The Morgan fingerprint density at radius 1 is 1.55 bits per heavy atom. The summed E-state index contributed by atoms with van der Waals surface area (Å²) < 4.78 is 3.03. The fourth-order valence-electron chi connectivity index (χ4n) is 2.49. The third-order valence-corrected chi connectivity index (χ3v) is 3.96. The Hall–Kier alpha value is -1.19. The van der Waals surface area contributed by atoms with Crippen LogP contribution in [0.25, 0.3) is 6.08 Å². The van der Waals surface area contributed by atoms with Crippen molar-refractivity contribution in [2.45, 2.75) is 18.6 Å². The number of rotatable bonds is 3. The van der Waals surface area contributed by atoms with Gasteiger partial charge >= 0.3 is 5.69 Å². The third kappa shape index (κ3) is 2.65. The van der Waals surface area contributed by atoms with Gasteiger partial charge in [0.1, 0.15) is 0 Å². The van der Waals surface area contributed by atoms with Gasteiger partial charge < -0.3 is 10.2 Å². The van der Waals surface area contributed by atoms with Crippen molar-refractivity contribution in [3.63, 3.8) is 0 Å². The van der Waals surface area contributed by atoms with E-state index in [0.717, 1.165) is 0 Å². The monoisotopic (exact) mass is 390 g/mol. The average molecular weight is 390 g/mol. The van der Waals surface area contributed by atoms with E-state index >= 15 is 0 Å². The van der Waals surface area contributed by atoms with E-state index in [1.54, 1.807) is 10.2 Å². The molecule has 1 fully saturated rings. The Balaban J connectivity index is 2.49. The Kier molecular flexibility index (Phi) is 4.61. The summed E-state index contributed by atoms with van der Waals surface area (Å²) in [5.41, 5.74) is -0.0492. The predicted octanol–water partition coefficient (Wildman–Crippen LogP) is 0.413. The molecule has 3 atom stereocenters. The summed E-state index contributed by atoms with van der Waals surface area (Å²) in [5, 5.41) is 19.1. The number of nitrogens with zero attached hydrogens (tertiary/aromatic N) is 1. The highest BCUT2D eigenvalue weighted by Crippen LogP contribution is 2.37. The van der Waals surface area contributed by atoms with E-state index in [0.29, 0.717) is 17.6 Å². The van der Waals surface area contributed by atoms with Crippen LogP contribution in [0.2, 0.25) is 0 Å². The first-order valence-corrected chi connectivity index (χ1v) is 7.34. The molecule has 7 heteroatoms. The molecule has 1 aromatic rings. The maximum Gasteiger partial charge on any atom is 0.328 e. The molecule has 0 radical (unpaired) electrons. The number of aliphatic hydroxyl groups excluding tert-OH is 2. The molecular weight excluding hydrogens is 375 g/mol. The maximum absolute atomic E-state index is 11.9. The zero-order valence-electron chi connectivity index (χ0n) is 10.6.